The molecular formula is C21H17ClN6S. The fourth-order valence-electron chi connectivity index (χ4n) is 3.80. The van der Waals surface area contributed by atoms with Gasteiger partial charge in [0.2, 0.25) is 0 Å². The smallest absolute Gasteiger partial charge is 0.140 e. The number of piperazine rings is 1. The van der Waals surface area contributed by atoms with Gasteiger partial charge < -0.3 is 9.80 Å². The van der Waals surface area contributed by atoms with Crippen LogP contribution < -0.4 is 9.80 Å². The van der Waals surface area contributed by atoms with Crippen LogP contribution in [0.4, 0.5) is 11.6 Å². The molecule has 3 aromatic heterocycles. The van der Waals surface area contributed by atoms with Crippen molar-refractivity contribution in [2.75, 3.05) is 36.0 Å². The molecule has 0 bridgehead atoms. The molecule has 29 heavy (non-hydrogen) atoms. The standard InChI is InChI=1S/C21H17ClN6S/c1-13-8-17-20(24-12-25-21(17)29-13)28-6-4-27(5-7-28)19-9-14(11-23)16-10-15(22)2-3-18(16)26-19/h2-3,8-10,12H,4-7H2,1H3. The Morgan fingerprint density at radius 2 is 1.83 bits per heavy atom. The van der Waals surface area contributed by atoms with E-state index in [-0.39, 0.29) is 0 Å². The molecule has 1 saturated heterocycles. The minimum absolute atomic E-state index is 0.598. The summed E-state index contributed by atoms with van der Waals surface area (Å²) in [7, 11) is 0. The van der Waals surface area contributed by atoms with Crippen LogP contribution in [0.2, 0.25) is 5.02 Å². The lowest BCUT2D eigenvalue weighted by Crippen LogP contribution is -2.47. The molecular weight excluding hydrogens is 404 g/mol. The first-order valence-electron chi connectivity index (χ1n) is 9.34. The average molecular weight is 421 g/mol. The zero-order valence-electron chi connectivity index (χ0n) is 15.8. The number of halogens is 1. The van der Waals surface area contributed by atoms with Crippen LogP contribution >= 0.6 is 22.9 Å². The summed E-state index contributed by atoms with van der Waals surface area (Å²) in [5.74, 6) is 1.83. The van der Waals surface area contributed by atoms with Gasteiger partial charge in [0.05, 0.1) is 22.5 Å². The van der Waals surface area contributed by atoms with Crippen molar-refractivity contribution in [3.63, 3.8) is 0 Å². The van der Waals surface area contributed by atoms with Crippen LogP contribution in [0.15, 0.2) is 36.7 Å². The van der Waals surface area contributed by atoms with Gasteiger partial charge in [0, 0.05) is 41.5 Å². The molecule has 1 fully saturated rings. The maximum Gasteiger partial charge on any atom is 0.140 e. The summed E-state index contributed by atoms with van der Waals surface area (Å²) < 4.78 is 0. The third-order valence-corrected chi connectivity index (χ3v) is 6.41. The Morgan fingerprint density at radius 3 is 2.62 bits per heavy atom. The molecule has 0 saturated carbocycles. The first-order valence-corrected chi connectivity index (χ1v) is 10.5. The van der Waals surface area contributed by atoms with Crippen LogP contribution in [-0.4, -0.2) is 41.1 Å². The van der Waals surface area contributed by atoms with Gasteiger partial charge in [-0.15, -0.1) is 11.3 Å². The Labute approximate surface area is 177 Å². The Hall–Kier alpha value is -2.95. The van der Waals surface area contributed by atoms with Crippen molar-refractivity contribution in [1.82, 2.24) is 15.0 Å². The molecule has 1 aliphatic heterocycles. The Morgan fingerprint density at radius 1 is 1.03 bits per heavy atom. The summed E-state index contributed by atoms with van der Waals surface area (Å²) in [5, 5.41) is 12.1. The van der Waals surface area contributed by atoms with Gasteiger partial charge in [0.15, 0.2) is 0 Å². The highest BCUT2D eigenvalue weighted by Gasteiger charge is 2.22. The Bertz CT molecular complexity index is 1270. The van der Waals surface area contributed by atoms with E-state index in [0.29, 0.717) is 10.6 Å². The third-order valence-electron chi connectivity index (χ3n) is 5.21. The summed E-state index contributed by atoms with van der Waals surface area (Å²) in [6, 6.07) is 11.8. The second kappa shape index (κ2) is 7.14. The van der Waals surface area contributed by atoms with Gasteiger partial charge in [0.25, 0.3) is 0 Å². The molecule has 0 unspecified atom stereocenters. The van der Waals surface area contributed by atoms with Crippen molar-refractivity contribution in [3.8, 4) is 6.07 Å². The Balaban J connectivity index is 1.42. The lowest BCUT2D eigenvalue weighted by atomic mass is 10.1. The third kappa shape index (κ3) is 3.24. The van der Waals surface area contributed by atoms with E-state index in [4.69, 9.17) is 16.6 Å². The van der Waals surface area contributed by atoms with Gasteiger partial charge in [-0.1, -0.05) is 11.6 Å². The molecule has 4 heterocycles. The molecule has 0 atom stereocenters. The van der Waals surface area contributed by atoms with Crippen molar-refractivity contribution in [3.05, 3.63) is 52.1 Å². The lowest BCUT2D eigenvalue weighted by Gasteiger charge is -2.36. The number of pyridine rings is 1. The maximum atomic E-state index is 9.58. The number of nitriles is 1. The van der Waals surface area contributed by atoms with Crippen molar-refractivity contribution >= 4 is 55.7 Å². The molecule has 0 N–H and O–H groups in total. The quantitative estimate of drug-likeness (QED) is 0.478. The number of nitrogens with zero attached hydrogens (tertiary/aromatic N) is 6. The number of anilines is 2. The van der Waals surface area contributed by atoms with E-state index in [1.54, 1.807) is 23.7 Å². The van der Waals surface area contributed by atoms with E-state index >= 15 is 0 Å². The van der Waals surface area contributed by atoms with E-state index in [1.807, 2.05) is 18.2 Å². The molecule has 0 aliphatic carbocycles. The maximum absolute atomic E-state index is 9.58. The highest BCUT2D eigenvalue weighted by Crippen LogP contribution is 2.31. The van der Waals surface area contributed by atoms with Crippen LogP contribution in [0.25, 0.3) is 21.1 Å². The first kappa shape index (κ1) is 18.1. The minimum Gasteiger partial charge on any atom is -0.353 e. The molecule has 0 radical (unpaired) electrons. The average Bonchev–Trinajstić information content (AvgIpc) is 3.13. The van der Waals surface area contributed by atoms with Crippen LogP contribution in [-0.2, 0) is 0 Å². The molecule has 8 heteroatoms. The highest BCUT2D eigenvalue weighted by atomic mass is 35.5. The normalized spacial score (nSPS) is 14.5. The number of thiophene rings is 1. The second-order valence-corrected chi connectivity index (χ2v) is 8.72. The van der Waals surface area contributed by atoms with Crippen LogP contribution in [0.3, 0.4) is 0 Å². The molecule has 0 spiro atoms. The molecule has 1 aliphatic rings. The Kier molecular flexibility index (Phi) is 4.46. The van der Waals surface area contributed by atoms with Gasteiger partial charge in [-0.05, 0) is 37.3 Å². The van der Waals surface area contributed by atoms with Crippen LogP contribution in [0.1, 0.15) is 10.4 Å². The summed E-state index contributed by atoms with van der Waals surface area (Å²) in [6.07, 6.45) is 1.65. The van der Waals surface area contributed by atoms with Crippen molar-refractivity contribution in [1.29, 1.82) is 5.26 Å². The molecule has 1 aromatic carbocycles. The summed E-state index contributed by atoms with van der Waals surface area (Å²) in [4.78, 5) is 20.5. The van der Waals surface area contributed by atoms with E-state index in [2.05, 4.69) is 38.8 Å². The predicted molar refractivity (Wildman–Crippen MR) is 118 cm³/mol. The van der Waals surface area contributed by atoms with Crippen LogP contribution in [0.5, 0.6) is 0 Å². The summed E-state index contributed by atoms with van der Waals surface area (Å²) in [5.41, 5.74) is 1.39. The van der Waals surface area contributed by atoms with Crippen molar-refractivity contribution in [2.45, 2.75) is 6.92 Å². The second-order valence-electron chi connectivity index (χ2n) is 7.05. The van der Waals surface area contributed by atoms with E-state index in [0.717, 1.165) is 58.9 Å². The summed E-state index contributed by atoms with van der Waals surface area (Å²) in [6.45, 7) is 5.39. The topological polar surface area (TPSA) is 68.9 Å². The van der Waals surface area contributed by atoms with Gasteiger partial charge >= 0.3 is 0 Å². The number of aromatic nitrogens is 3. The molecule has 0 amide bonds. The first-order chi connectivity index (χ1) is 14.1. The summed E-state index contributed by atoms with van der Waals surface area (Å²) >= 11 is 7.79. The number of benzene rings is 1. The number of rotatable bonds is 2. The van der Waals surface area contributed by atoms with Crippen molar-refractivity contribution < 1.29 is 0 Å². The molecule has 144 valence electrons. The predicted octanol–water partition coefficient (Wildman–Crippen LogP) is 4.40. The molecule has 4 aromatic rings. The van der Waals surface area contributed by atoms with Gasteiger partial charge in [0.1, 0.15) is 22.8 Å². The number of aryl methyl sites for hydroxylation is 1. The zero-order valence-corrected chi connectivity index (χ0v) is 17.3. The highest BCUT2D eigenvalue weighted by molar-refractivity contribution is 7.18. The van der Waals surface area contributed by atoms with Gasteiger partial charge in [-0.25, -0.2) is 15.0 Å². The zero-order chi connectivity index (χ0) is 20.0. The minimum atomic E-state index is 0.598. The fourth-order valence-corrected chi connectivity index (χ4v) is 4.82. The van der Waals surface area contributed by atoms with E-state index in [9.17, 15) is 5.26 Å². The van der Waals surface area contributed by atoms with E-state index in [1.165, 1.54) is 4.88 Å². The largest absolute Gasteiger partial charge is 0.353 e. The SMILES string of the molecule is Cc1cc2c(N3CCN(c4cc(C#N)c5cc(Cl)ccc5n4)CC3)ncnc2s1. The monoisotopic (exact) mass is 420 g/mol. The molecule has 5 rings (SSSR count). The molecule has 6 nitrogen and oxygen atoms in total. The van der Waals surface area contributed by atoms with Gasteiger partial charge in [-0.3, -0.25) is 0 Å². The van der Waals surface area contributed by atoms with E-state index < -0.39 is 0 Å². The van der Waals surface area contributed by atoms with Crippen LogP contribution in [0, 0.1) is 18.3 Å². The fraction of sp³-hybridized carbons (Fsp3) is 0.238. The number of hydrogen-bond donors (Lipinski definition) is 0. The number of hydrogen-bond acceptors (Lipinski definition) is 7. The number of fused-ring (bicyclic) bond motifs is 2. The van der Waals surface area contributed by atoms with Crippen molar-refractivity contribution in [2.24, 2.45) is 0 Å². The lowest BCUT2D eigenvalue weighted by molar-refractivity contribution is 0.644. The van der Waals surface area contributed by atoms with Gasteiger partial charge in [-0.2, -0.15) is 5.26 Å².